The number of benzene rings is 2. The highest BCUT2D eigenvalue weighted by Gasteiger charge is 2.22. The maximum atomic E-state index is 13.1. The molecule has 0 aliphatic carbocycles. The summed E-state index contributed by atoms with van der Waals surface area (Å²) >= 11 is 0. The molecular formula is C25H33N3O2. The summed E-state index contributed by atoms with van der Waals surface area (Å²) in [5.74, 6) is 0.595. The molecule has 1 aliphatic heterocycles. The van der Waals surface area contributed by atoms with E-state index in [1.807, 2.05) is 48.5 Å². The van der Waals surface area contributed by atoms with Crippen LogP contribution < -0.4 is 15.5 Å². The number of hydrogen-bond acceptors (Lipinski definition) is 3. The second-order valence-electron chi connectivity index (χ2n) is 8.22. The van der Waals surface area contributed by atoms with Crippen molar-refractivity contribution in [3.8, 4) is 0 Å². The average Bonchev–Trinajstić information content (AvgIpc) is 2.77. The third-order valence-corrected chi connectivity index (χ3v) is 5.70. The van der Waals surface area contributed by atoms with E-state index in [-0.39, 0.29) is 11.8 Å². The first-order chi connectivity index (χ1) is 14.6. The van der Waals surface area contributed by atoms with Gasteiger partial charge in [-0.15, -0.1) is 0 Å². The fourth-order valence-corrected chi connectivity index (χ4v) is 3.76. The van der Waals surface area contributed by atoms with Crippen LogP contribution in [-0.2, 0) is 11.3 Å². The van der Waals surface area contributed by atoms with Crippen LogP contribution in [0.2, 0.25) is 0 Å². The van der Waals surface area contributed by atoms with E-state index in [2.05, 4.69) is 29.4 Å². The normalized spacial score (nSPS) is 14.4. The molecule has 0 unspecified atom stereocenters. The van der Waals surface area contributed by atoms with Crippen molar-refractivity contribution in [2.45, 2.75) is 52.5 Å². The fourth-order valence-electron chi connectivity index (χ4n) is 3.76. The van der Waals surface area contributed by atoms with Crippen molar-refractivity contribution in [3.05, 3.63) is 59.7 Å². The van der Waals surface area contributed by atoms with Crippen LogP contribution >= 0.6 is 0 Å². The molecule has 2 aromatic carbocycles. The highest BCUT2D eigenvalue weighted by molar-refractivity contribution is 6.02. The SMILES string of the molecule is CCCCC(=O)Nc1ccc(N2CCC(C)CC2)c(C(=O)NCc2ccccc2)c1. The Balaban J connectivity index is 1.78. The molecule has 0 spiro atoms. The van der Waals surface area contributed by atoms with E-state index < -0.39 is 0 Å². The standard InChI is InChI=1S/C25H33N3O2/c1-3-4-10-24(29)27-21-11-12-23(28-15-13-19(2)14-16-28)22(17-21)25(30)26-18-20-8-6-5-7-9-20/h5-9,11-12,17,19H,3-4,10,13-16,18H2,1-2H3,(H,26,30)(H,27,29). The van der Waals surface area contributed by atoms with E-state index in [9.17, 15) is 9.59 Å². The molecule has 2 N–H and O–H groups in total. The lowest BCUT2D eigenvalue weighted by Gasteiger charge is -2.33. The van der Waals surface area contributed by atoms with Crippen LogP contribution in [0.25, 0.3) is 0 Å². The first-order valence-electron chi connectivity index (χ1n) is 11.1. The van der Waals surface area contributed by atoms with Crippen LogP contribution in [0.1, 0.15) is 61.9 Å². The van der Waals surface area contributed by atoms with Crippen LogP contribution in [0.3, 0.4) is 0 Å². The molecule has 2 amide bonds. The third kappa shape index (κ3) is 6.09. The van der Waals surface area contributed by atoms with Gasteiger partial charge in [-0.1, -0.05) is 50.6 Å². The monoisotopic (exact) mass is 407 g/mol. The highest BCUT2D eigenvalue weighted by atomic mass is 16.2. The summed E-state index contributed by atoms with van der Waals surface area (Å²) < 4.78 is 0. The number of piperidine rings is 1. The Hall–Kier alpha value is -2.82. The van der Waals surface area contributed by atoms with Gasteiger partial charge in [-0.25, -0.2) is 0 Å². The zero-order valence-electron chi connectivity index (χ0n) is 18.1. The Bertz CT molecular complexity index is 843. The van der Waals surface area contributed by atoms with Gasteiger partial charge in [-0.05, 0) is 48.9 Å². The van der Waals surface area contributed by atoms with Gasteiger partial charge in [0.05, 0.1) is 5.56 Å². The number of hydrogen-bond donors (Lipinski definition) is 2. The Labute approximate surface area is 179 Å². The second kappa shape index (κ2) is 10.8. The fraction of sp³-hybridized carbons (Fsp3) is 0.440. The molecule has 0 radical (unpaired) electrons. The van der Waals surface area contributed by atoms with Gasteiger partial charge in [0.2, 0.25) is 5.91 Å². The van der Waals surface area contributed by atoms with E-state index in [0.717, 1.165) is 50.0 Å². The topological polar surface area (TPSA) is 61.4 Å². The number of nitrogens with one attached hydrogen (secondary N) is 2. The molecule has 0 aromatic heterocycles. The molecule has 1 heterocycles. The zero-order valence-corrected chi connectivity index (χ0v) is 18.1. The molecular weight excluding hydrogens is 374 g/mol. The van der Waals surface area contributed by atoms with E-state index >= 15 is 0 Å². The summed E-state index contributed by atoms with van der Waals surface area (Å²) in [6.45, 7) is 6.71. The lowest BCUT2D eigenvalue weighted by Crippen LogP contribution is -2.35. The Morgan fingerprint density at radius 1 is 1.07 bits per heavy atom. The van der Waals surface area contributed by atoms with Gasteiger partial charge >= 0.3 is 0 Å². The van der Waals surface area contributed by atoms with Crippen LogP contribution in [0.15, 0.2) is 48.5 Å². The summed E-state index contributed by atoms with van der Waals surface area (Å²) in [4.78, 5) is 27.6. The third-order valence-electron chi connectivity index (χ3n) is 5.70. The maximum Gasteiger partial charge on any atom is 0.253 e. The van der Waals surface area contributed by atoms with Crippen molar-refractivity contribution in [2.75, 3.05) is 23.3 Å². The van der Waals surface area contributed by atoms with Crippen LogP contribution in [0.5, 0.6) is 0 Å². The molecule has 0 saturated carbocycles. The molecule has 1 saturated heterocycles. The van der Waals surface area contributed by atoms with Crippen molar-refractivity contribution in [2.24, 2.45) is 5.92 Å². The number of carbonyl (C=O) groups is 2. The minimum atomic E-state index is -0.114. The van der Waals surface area contributed by atoms with Gasteiger partial charge in [-0.3, -0.25) is 9.59 Å². The van der Waals surface area contributed by atoms with E-state index in [0.29, 0.717) is 30.1 Å². The van der Waals surface area contributed by atoms with Crippen LogP contribution in [0, 0.1) is 5.92 Å². The lowest BCUT2D eigenvalue weighted by atomic mass is 9.97. The number of anilines is 2. The van der Waals surface area contributed by atoms with Crippen molar-refractivity contribution in [3.63, 3.8) is 0 Å². The van der Waals surface area contributed by atoms with E-state index in [4.69, 9.17) is 0 Å². The van der Waals surface area contributed by atoms with Gasteiger partial charge in [-0.2, -0.15) is 0 Å². The summed E-state index contributed by atoms with van der Waals surface area (Å²) in [5, 5.41) is 5.99. The number of amides is 2. The predicted octanol–water partition coefficient (Wildman–Crippen LogP) is 4.98. The first kappa shape index (κ1) is 21.9. The van der Waals surface area contributed by atoms with E-state index in [1.54, 1.807) is 0 Å². The Morgan fingerprint density at radius 3 is 2.50 bits per heavy atom. The number of rotatable bonds is 8. The Kier molecular flexibility index (Phi) is 7.89. The molecule has 160 valence electrons. The van der Waals surface area contributed by atoms with Gasteiger partial charge < -0.3 is 15.5 Å². The van der Waals surface area contributed by atoms with Gasteiger partial charge in [0.15, 0.2) is 0 Å². The lowest BCUT2D eigenvalue weighted by molar-refractivity contribution is -0.116. The summed E-state index contributed by atoms with van der Waals surface area (Å²) in [6.07, 6.45) is 4.59. The van der Waals surface area contributed by atoms with Crippen LogP contribution in [-0.4, -0.2) is 24.9 Å². The average molecular weight is 408 g/mol. The van der Waals surface area contributed by atoms with Crippen LogP contribution in [0.4, 0.5) is 11.4 Å². The van der Waals surface area contributed by atoms with E-state index in [1.165, 1.54) is 0 Å². The van der Waals surface area contributed by atoms with Crippen molar-refractivity contribution < 1.29 is 9.59 Å². The van der Waals surface area contributed by atoms with Gasteiger partial charge in [0, 0.05) is 37.4 Å². The maximum absolute atomic E-state index is 13.1. The summed E-state index contributed by atoms with van der Waals surface area (Å²) in [5.41, 5.74) is 3.30. The minimum Gasteiger partial charge on any atom is -0.371 e. The molecule has 1 fully saturated rings. The summed E-state index contributed by atoms with van der Waals surface area (Å²) in [7, 11) is 0. The zero-order chi connectivity index (χ0) is 21.3. The quantitative estimate of drug-likeness (QED) is 0.649. The van der Waals surface area contributed by atoms with Gasteiger partial charge in [0.25, 0.3) is 5.91 Å². The highest BCUT2D eigenvalue weighted by Crippen LogP contribution is 2.29. The molecule has 30 heavy (non-hydrogen) atoms. The first-order valence-corrected chi connectivity index (χ1v) is 11.1. The van der Waals surface area contributed by atoms with Gasteiger partial charge in [0.1, 0.15) is 0 Å². The molecule has 0 atom stereocenters. The summed E-state index contributed by atoms with van der Waals surface area (Å²) in [6, 6.07) is 15.6. The number of carbonyl (C=O) groups excluding carboxylic acids is 2. The smallest absolute Gasteiger partial charge is 0.253 e. The molecule has 5 heteroatoms. The second-order valence-corrected chi connectivity index (χ2v) is 8.22. The molecule has 3 rings (SSSR count). The Morgan fingerprint density at radius 2 is 1.80 bits per heavy atom. The number of unbranched alkanes of at least 4 members (excludes halogenated alkanes) is 1. The molecule has 0 bridgehead atoms. The molecule has 5 nitrogen and oxygen atoms in total. The van der Waals surface area contributed by atoms with Crippen molar-refractivity contribution >= 4 is 23.2 Å². The van der Waals surface area contributed by atoms with Crippen molar-refractivity contribution in [1.82, 2.24) is 5.32 Å². The number of nitrogens with zero attached hydrogens (tertiary/aromatic N) is 1. The molecule has 1 aliphatic rings. The largest absolute Gasteiger partial charge is 0.371 e. The predicted molar refractivity (Wildman–Crippen MR) is 123 cm³/mol. The molecule has 2 aromatic rings. The van der Waals surface area contributed by atoms with Crippen molar-refractivity contribution in [1.29, 1.82) is 0 Å². The minimum absolute atomic E-state index is 0.00737.